The number of ether oxygens (including phenoxy) is 2. The summed E-state index contributed by atoms with van der Waals surface area (Å²) in [6, 6.07) is 6.83. The Hall–Kier alpha value is -1.10. The highest BCUT2D eigenvalue weighted by Crippen LogP contribution is 2.27. The molecule has 0 spiro atoms. The minimum Gasteiger partial charge on any atom is -0.468 e. The second-order valence-corrected chi connectivity index (χ2v) is 4.68. The van der Waals surface area contributed by atoms with Gasteiger partial charge in [0.2, 0.25) is 0 Å². The number of esters is 1. The zero-order valence-corrected chi connectivity index (χ0v) is 12.3. The average Bonchev–Trinajstić information content (AvgIpc) is 2.41. The molecule has 0 saturated heterocycles. The lowest BCUT2D eigenvalue weighted by Crippen LogP contribution is -2.33. The van der Waals surface area contributed by atoms with Crippen LogP contribution < -0.4 is 0 Å². The van der Waals surface area contributed by atoms with Gasteiger partial charge in [-0.05, 0) is 25.1 Å². The van der Waals surface area contributed by atoms with Gasteiger partial charge in [-0.2, -0.15) is 0 Å². The highest BCUT2D eigenvalue weighted by molar-refractivity contribution is 6.31. The molecule has 1 rings (SSSR count). The standard InChI is InChI=1S/C14H20ClNO3/c1-16(9-6-10-18-2)13(14(17)19-3)11-7-4-5-8-12(11)15/h4-5,7-8,13H,6,9-10H2,1-3H3. The van der Waals surface area contributed by atoms with Crippen molar-refractivity contribution in [3.8, 4) is 0 Å². The Morgan fingerprint density at radius 2 is 2.05 bits per heavy atom. The van der Waals surface area contributed by atoms with Gasteiger partial charge in [-0.15, -0.1) is 0 Å². The molecular weight excluding hydrogens is 266 g/mol. The van der Waals surface area contributed by atoms with Gasteiger partial charge in [0.25, 0.3) is 0 Å². The predicted molar refractivity (Wildman–Crippen MR) is 75.3 cm³/mol. The van der Waals surface area contributed by atoms with Gasteiger partial charge in [0.15, 0.2) is 0 Å². The van der Waals surface area contributed by atoms with E-state index in [1.807, 2.05) is 30.1 Å². The highest BCUT2D eigenvalue weighted by Gasteiger charge is 2.27. The first-order valence-corrected chi connectivity index (χ1v) is 6.51. The summed E-state index contributed by atoms with van der Waals surface area (Å²) in [5.74, 6) is -0.312. The number of methoxy groups -OCH3 is 2. The first-order valence-electron chi connectivity index (χ1n) is 6.13. The molecule has 4 nitrogen and oxygen atoms in total. The van der Waals surface area contributed by atoms with E-state index in [1.165, 1.54) is 7.11 Å². The van der Waals surface area contributed by atoms with Crippen LogP contribution in [0.4, 0.5) is 0 Å². The maximum Gasteiger partial charge on any atom is 0.327 e. The molecule has 1 atom stereocenters. The zero-order valence-electron chi connectivity index (χ0n) is 11.6. The number of carbonyl (C=O) groups is 1. The van der Waals surface area contributed by atoms with Gasteiger partial charge in [-0.25, -0.2) is 4.79 Å². The lowest BCUT2D eigenvalue weighted by atomic mass is 10.1. The Morgan fingerprint density at radius 1 is 1.37 bits per heavy atom. The van der Waals surface area contributed by atoms with E-state index in [0.29, 0.717) is 11.6 Å². The van der Waals surface area contributed by atoms with Crippen LogP contribution in [0.15, 0.2) is 24.3 Å². The summed E-state index contributed by atoms with van der Waals surface area (Å²) in [4.78, 5) is 13.9. The van der Waals surface area contributed by atoms with Gasteiger partial charge >= 0.3 is 5.97 Å². The predicted octanol–water partition coefficient (Wildman–Crippen LogP) is 2.52. The van der Waals surface area contributed by atoms with E-state index in [-0.39, 0.29) is 5.97 Å². The quantitative estimate of drug-likeness (QED) is 0.570. The molecule has 0 fully saturated rings. The van der Waals surface area contributed by atoms with Crippen LogP contribution in [-0.4, -0.2) is 45.3 Å². The van der Waals surface area contributed by atoms with Gasteiger partial charge < -0.3 is 9.47 Å². The number of nitrogens with zero attached hydrogens (tertiary/aromatic N) is 1. The molecule has 0 radical (unpaired) electrons. The Labute approximate surface area is 119 Å². The molecule has 19 heavy (non-hydrogen) atoms. The maximum absolute atomic E-state index is 12.0. The molecule has 5 heteroatoms. The van der Waals surface area contributed by atoms with Crippen molar-refractivity contribution in [1.82, 2.24) is 4.90 Å². The second-order valence-electron chi connectivity index (χ2n) is 4.27. The van der Waals surface area contributed by atoms with Crippen molar-refractivity contribution >= 4 is 17.6 Å². The topological polar surface area (TPSA) is 38.8 Å². The Morgan fingerprint density at radius 3 is 2.63 bits per heavy atom. The maximum atomic E-state index is 12.0. The lowest BCUT2D eigenvalue weighted by Gasteiger charge is -2.26. The number of carbonyl (C=O) groups excluding carboxylic acids is 1. The van der Waals surface area contributed by atoms with Crippen molar-refractivity contribution in [3.63, 3.8) is 0 Å². The van der Waals surface area contributed by atoms with E-state index in [1.54, 1.807) is 13.2 Å². The summed E-state index contributed by atoms with van der Waals surface area (Å²) < 4.78 is 9.90. The molecule has 0 saturated carbocycles. The molecule has 1 aromatic carbocycles. The molecule has 0 aliphatic rings. The summed E-state index contributed by atoms with van der Waals surface area (Å²) in [5, 5.41) is 0.566. The fourth-order valence-electron chi connectivity index (χ4n) is 1.94. The highest BCUT2D eigenvalue weighted by atomic mass is 35.5. The van der Waals surface area contributed by atoms with Crippen molar-refractivity contribution < 1.29 is 14.3 Å². The molecule has 0 amide bonds. The van der Waals surface area contributed by atoms with Crippen LogP contribution in [0, 0.1) is 0 Å². The summed E-state index contributed by atoms with van der Waals surface area (Å²) in [5.41, 5.74) is 0.760. The number of hydrogen-bond donors (Lipinski definition) is 0. The summed E-state index contributed by atoms with van der Waals surface area (Å²) in [6.45, 7) is 1.37. The minimum absolute atomic E-state index is 0.312. The van der Waals surface area contributed by atoms with Crippen LogP contribution in [0.25, 0.3) is 0 Å². The molecule has 0 N–H and O–H groups in total. The van der Waals surface area contributed by atoms with Gasteiger partial charge in [0.1, 0.15) is 6.04 Å². The minimum atomic E-state index is -0.490. The van der Waals surface area contributed by atoms with Crippen molar-refractivity contribution in [2.75, 3.05) is 34.4 Å². The number of benzene rings is 1. The Balaban J connectivity index is 2.89. The monoisotopic (exact) mass is 285 g/mol. The van der Waals surface area contributed by atoms with Crippen molar-refractivity contribution in [2.45, 2.75) is 12.5 Å². The fourth-order valence-corrected chi connectivity index (χ4v) is 2.18. The molecule has 0 bridgehead atoms. The zero-order chi connectivity index (χ0) is 14.3. The number of halogens is 1. The molecule has 1 unspecified atom stereocenters. The Kier molecular flexibility index (Phi) is 6.84. The van der Waals surface area contributed by atoms with Crippen LogP contribution in [0.1, 0.15) is 18.0 Å². The molecule has 0 heterocycles. The van der Waals surface area contributed by atoms with Crippen LogP contribution in [0.2, 0.25) is 5.02 Å². The van der Waals surface area contributed by atoms with Crippen molar-refractivity contribution in [2.24, 2.45) is 0 Å². The molecule has 106 valence electrons. The third-order valence-electron chi connectivity index (χ3n) is 2.92. The molecule has 0 aliphatic carbocycles. The van der Waals surface area contributed by atoms with Crippen molar-refractivity contribution in [1.29, 1.82) is 0 Å². The second kappa shape index (κ2) is 8.15. The van der Waals surface area contributed by atoms with E-state index < -0.39 is 6.04 Å². The van der Waals surface area contributed by atoms with E-state index in [9.17, 15) is 4.79 Å². The summed E-state index contributed by atoms with van der Waals surface area (Å²) in [7, 11) is 4.92. The first kappa shape index (κ1) is 16.0. The third kappa shape index (κ3) is 4.49. The van der Waals surface area contributed by atoms with E-state index in [4.69, 9.17) is 21.1 Å². The average molecular weight is 286 g/mol. The molecule has 0 aromatic heterocycles. The third-order valence-corrected chi connectivity index (χ3v) is 3.27. The summed E-state index contributed by atoms with van der Waals surface area (Å²) in [6.07, 6.45) is 0.838. The number of rotatable bonds is 7. The van der Waals surface area contributed by atoms with Gasteiger partial charge in [0.05, 0.1) is 7.11 Å². The lowest BCUT2D eigenvalue weighted by molar-refractivity contribution is -0.146. The van der Waals surface area contributed by atoms with Crippen LogP contribution in [0.3, 0.4) is 0 Å². The number of hydrogen-bond acceptors (Lipinski definition) is 4. The van der Waals surface area contributed by atoms with Crippen molar-refractivity contribution in [3.05, 3.63) is 34.9 Å². The van der Waals surface area contributed by atoms with Gasteiger partial charge in [-0.3, -0.25) is 4.90 Å². The SMILES string of the molecule is COCCCN(C)C(C(=O)OC)c1ccccc1Cl. The first-order chi connectivity index (χ1) is 9.11. The van der Waals surface area contributed by atoms with Gasteiger partial charge in [0, 0.05) is 25.3 Å². The molecular formula is C14H20ClNO3. The fraction of sp³-hybridized carbons (Fsp3) is 0.500. The van der Waals surface area contributed by atoms with Gasteiger partial charge in [-0.1, -0.05) is 29.8 Å². The van der Waals surface area contributed by atoms with Crippen LogP contribution in [-0.2, 0) is 14.3 Å². The van der Waals surface area contributed by atoms with E-state index in [2.05, 4.69) is 0 Å². The van der Waals surface area contributed by atoms with E-state index >= 15 is 0 Å². The van der Waals surface area contributed by atoms with E-state index in [0.717, 1.165) is 18.5 Å². The molecule has 0 aliphatic heterocycles. The summed E-state index contributed by atoms with van der Waals surface area (Å²) >= 11 is 6.17. The largest absolute Gasteiger partial charge is 0.468 e. The van der Waals surface area contributed by atoms with Crippen LogP contribution >= 0.6 is 11.6 Å². The smallest absolute Gasteiger partial charge is 0.327 e. The Bertz CT molecular complexity index is 411. The number of likely N-dealkylation sites (N-methyl/N-ethyl adjacent to an activating group) is 1. The van der Waals surface area contributed by atoms with Crippen LogP contribution in [0.5, 0.6) is 0 Å². The normalized spacial score (nSPS) is 12.5. The molecule has 1 aromatic rings.